The van der Waals surface area contributed by atoms with E-state index >= 15 is 0 Å². The Bertz CT molecular complexity index is 1560. The van der Waals surface area contributed by atoms with E-state index < -0.39 is 20.9 Å². The van der Waals surface area contributed by atoms with E-state index in [0.717, 1.165) is 17.4 Å². The zero-order valence-corrected chi connectivity index (χ0v) is 26.3. The van der Waals surface area contributed by atoms with Crippen molar-refractivity contribution < 1.29 is 27.4 Å². The largest absolute Gasteiger partial charge is 0.491 e. The maximum atomic E-state index is 11.9. The third-order valence-electron chi connectivity index (χ3n) is 6.31. The number of nitrogens with zero attached hydrogens (tertiary/aromatic N) is 3. The summed E-state index contributed by atoms with van der Waals surface area (Å²) in [5, 5.41) is 9.92. The van der Waals surface area contributed by atoms with Crippen molar-refractivity contribution in [2.45, 2.75) is 76.7 Å². The van der Waals surface area contributed by atoms with Crippen molar-refractivity contribution >= 4 is 27.4 Å². The van der Waals surface area contributed by atoms with E-state index in [1.165, 1.54) is 6.20 Å². The fraction of sp³-hybridized carbons (Fsp3) is 0.419. The molecule has 9 nitrogen and oxygen atoms in total. The van der Waals surface area contributed by atoms with Crippen molar-refractivity contribution in [3.8, 4) is 17.6 Å². The number of nitriles is 1. The first-order valence-corrected chi connectivity index (χ1v) is 15.7. The van der Waals surface area contributed by atoms with Gasteiger partial charge in [0.05, 0.1) is 22.9 Å². The molecule has 0 amide bonds. The summed E-state index contributed by atoms with van der Waals surface area (Å²) >= 11 is 6.59. The lowest BCUT2D eigenvalue weighted by molar-refractivity contribution is -0.154. The molecule has 2 aromatic carbocycles. The Balaban J connectivity index is 1.64. The highest BCUT2D eigenvalue weighted by Gasteiger charge is 2.26. The van der Waals surface area contributed by atoms with Gasteiger partial charge in [0, 0.05) is 24.3 Å². The topological polar surface area (TPSA) is 128 Å². The highest BCUT2D eigenvalue weighted by atomic mass is 35.5. The number of carbonyl (C=O) groups is 1. The van der Waals surface area contributed by atoms with Gasteiger partial charge in [-0.15, -0.1) is 0 Å². The van der Waals surface area contributed by atoms with Gasteiger partial charge in [-0.05, 0) is 75.1 Å². The predicted molar refractivity (Wildman–Crippen MR) is 159 cm³/mol. The molecule has 0 aliphatic heterocycles. The summed E-state index contributed by atoms with van der Waals surface area (Å²) in [4.78, 5) is 19.7. The molecule has 0 spiro atoms. The lowest BCUT2D eigenvalue weighted by atomic mass is 9.77. The number of sulfone groups is 1. The van der Waals surface area contributed by atoms with Crippen LogP contribution in [0.5, 0.6) is 11.5 Å². The van der Waals surface area contributed by atoms with Crippen molar-refractivity contribution in [2.24, 2.45) is 0 Å². The third kappa shape index (κ3) is 9.16. The molecule has 3 rings (SSSR count). The molecule has 0 saturated heterocycles. The van der Waals surface area contributed by atoms with Crippen LogP contribution in [0.1, 0.15) is 76.3 Å². The van der Waals surface area contributed by atoms with E-state index in [-0.39, 0.29) is 17.7 Å². The molecule has 0 bridgehead atoms. The molecule has 11 heteroatoms. The van der Waals surface area contributed by atoms with Crippen molar-refractivity contribution in [2.75, 3.05) is 12.9 Å². The van der Waals surface area contributed by atoms with E-state index in [1.807, 2.05) is 58.9 Å². The fourth-order valence-electron chi connectivity index (χ4n) is 4.05. The number of hydrogen-bond acceptors (Lipinski definition) is 9. The molecule has 0 fully saturated rings. The van der Waals surface area contributed by atoms with Crippen LogP contribution >= 0.6 is 11.6 Å². The Kier molecular flexibility index (Phi) is 10.6. The number of carbonyl (C=O) groups excluding carboxylic acids is 1. The van der Waals surface area contributed by atoms with Crippen LogP contribution in [-0.2, 0) is 31.4 Å². The summed E-state index contributed by atoms with van der Waals surface area (Å²) in [7, 11) is -3.51. The minimum atomic E-state index is -3.51. The number of halogens is 1. The molecule has 0 aliphatic carbocycles. The lowest BCUT2D eigenvalue weighted by Gasteiger charge is -2.27. The summed E-state index contributed by atoms with van der Waals surface area (Å²) in [5.41, 5.74) is 1.56. The number of rotatable bonds is 12. The van der Waals surface area contributed by atoms with Crippen LogP contribution in [0.2, 0.25) is 5.02 Å². The van der Waals surface area contributed by atoms with Crippen LogP contribution in [0.25, 0.3) is 0 Å². The Hall–Kier alpha value is -3.68. The van der Waals surface area contributed by atoms with Gasteiger partial charge in [-0.1, -0.05) is 37.6 Å². The van der Waals surface area contributed by atoms with E-state index in [9.17, 15) is 18.5 Å². The molecule has 0 radical (unpaired) electrons. The molecule has 0 saturated carbocycles. The maximum absolute atomic E-state index is 11.9. The zero-order valence-electron chi connectivity index (χ0n) is 24.7. The summed E-state index contributed by atoms with van der Waals surface area (Å²) in [5.74, 6) is 0.655. The highest BCUT2D eigenvalue weighted by molar-refractivity contribution is 7.90. The number of aromatic nitrogens is 2. The minimum absolute atomic E-state index is 0.0807. The first kappa shape index (κ1) is 32.8. The van der Waals surface area contributed by atoms with Gasteiger partial charge in [-0.25, -0.2) is 18.4 Å². The summed E-state index contributed by atoms with van der Waals surface area (Å²) < 4.78 is 40.4. The molecule has 0 aliphatic rings. The van der Waals surface area contributed by atoms with Crippen LogP contribution in [0, 0.1) is 11.3 Å². The van der Waals surface area contributed by atoms with Gasteiger partial charge >= 0.3 is 5.97 Å². The molecule has 42 heavy (non-hydrogen) atoms. The quantitative estimate of drug-likeness (QED) is 0.133. The molecule has 1 aromatic heterocycles. The molecule has 1 heterocycles. The predicted octanol–water partition coefficient (Wildman–Crippen LogP) is 6.20. The number of benzene rings is 2. The Labute approximate surface area is 252 Å². The van der Waals surface area contributed by atoms with Crippen molar-refractivity contribution in [1.29, 1.82) is 5.26 Å². The van der Waals surface area contributed by atoms with Crippen molar-refractivity contribution in [1.82, 2.24) is 9.97 Å². The van der Waals surface area contributed by atoms with Crippen molar-refractivity contribution in [3.05, 3.63) is 76.1 Å². The van der Waals surface area contributed by atoms with Gasteiger partial charge in [0.2, 0.25) is 15.0 Å². The van der Waals surface area contributed by atoms with Gasteiger partial charge in [0.15, 0.2) is 5.75 Å². The second-order valence-corrected chi connectivity index (χ2v) is 13.7. The summed E-state index contributed by atoms with van der Waals surface area (Å²) in [6, 6.07) is 14.8. The highest BCUT2D eigenvalue weighted by Crippen LogP contribution is 2.38. The van der Waals surface area contributed by atoms with E-state index in [1.54, 1.807) is 18.2 Å². The van der Waals surface area contributed by atoms with Crippen LogP contribution in [0.4, 0.5) is 0 Å². The normalized spacial score (nSPS) is 12.0. The van der Waals surface area contributed by atoms with Crippen LogP contribution in [0.3, 0.4) is 0 Å². The third-order valence-corrected chi connectivity index (χ3v) is 7.45. The lowest BCUT2D eigenvalue weighted by Crippen LogP contribution is -2.23. The second kappa shape index (κ2) is 13.5. The van der Waals surface area contributed by atoms with Gasteiger partial charge in [0.1, 0.15) is 24.0 Å². The molecular weight excluding hydrogens is 578 g/mol. The van der Waals surface area contributed by atoms with Crippen molar-refractivity contribution in [3.63, 3.8) is 0 Å². The van der Waals surface area contributed by atoms with Crippen LogP contribution < -0.4 is 9.47 Å². The van der Waals surface area contributed by atoms with Crippen LogP contribution in [0.15, 0.2) is 53.8 Å². The van der Waals surface area contributed by atoms with Gasteiger partial charge in [0.25, 0.3) is 0 Å². The number of unbranched alkanes of at least 4 members (excludes halogenated alkanes) is 1. The molecule has 224 valence electrons. The monoisotopic (exact) mass is 613 g/mol. The second-order valence-electron chi connectivity index (χ2n) is 11.4. The fourth-order valence-corrected chi connectivity index (χ4v) is 4.86. The molecule has 0 N–H and O–H groups in total. The summed E-state index contributed by atoms with van der Waals surface area (Å²) in [6.07, 6.45) is 3.94. The smallest absolute Gasteiger partial charge is 0.306 e. The first-order valence-electron chi connectivity index (χ1n) is 13.4. The number of esters is 1. The van der Waals surface area contributed by atoms with Crippen LogP contribution in [-0.4, -0.2) is 42.8 Å². The maximum Gasteiger partial charge on any atom is 0.306 e. The van der Waals surface area contributed by atoms with E-state index in [4.69, 9.17) is 25.8 Å². The number of ether oxygens (including phenoxy) is 3. The Morgan fingerprint density at radius 3 is 2.31 bits per heavy atom. The SMILES string of the molecule is CC(C)(C)OC(=O)CCCCOc1c(Cl)cc(C(C)(C)c2ccc(OCc3ccnc(S(C)(=O)=O)n3)cc2)cc1C#N. The van der Waals surface area contributed by atoms with Gasteiger partial charge < -0.3 is 14.2 Å². The van der Waals surface area contributed by atoms with E-state index in [0.29, 0.717) is 53.6 Å². The first-order chi connectivity index (χ1) is 19.6. The number of hydrogen-bond donors (Lipinski definition) is 0. The minimum Gasteiger partial charge on any atom is -0.491 e. The zero-order chi connectivity index (χ0) is 31.1. The Morgan fingerprint density at radius 2 is 1.69 bits per heavy atom. The van der Waals surface area contributed by atoms with E-state index in [2.05, 4.69) is 16.0 Å². The summed E-state index contributed by atoms with van der Waals surface area (Å²) in [6.45, 7) is 9.94. The molecule has 3 aromatic rings. The van der Waals surface area contributed by atoms with Gasteiger partial charge in [-0.3, -0.25) is 4.79 Å². The van der Waals surface area contributed by atoms with Gasteiger partial charge in [-0.2, -0.15) is 5.26 Å². The Morgan fingerprint density at radius 1 is 1.00 bits per heavy atom. The standard InChI is InChI=1S/C31H36ClN3O6S/c1-30(2,3)41-27(36)9-7-8-16-39-28-21(19-33)17-23(18-26(28)32)31(4,5)22-10-12-25(13-11-22)40-20-24-14-15-34-29(35-24)42(6,37)38/h10-15,17-18H,7-9,16,20H2,1-6H3. The average Bonchev–Trinajstić information content (AvgIpc) is 2.91. The average molecular weight is 614 g/mol. The molecule has 0 unspecified atom stereocenters. The molecule has 0 atom stereocenters. The molecular formula is C31H36ClN3O6S.